The maximum atomic E-state index is 10.9. The number of carboxylic acids is 1. The van der Waals surface area contributed by atoms with Crippen molar-refractivity contribution in [1.82, 2.24) is 4.98 Å². The van der Waals surface area contributed by atoms with E-state index < -0.39 is 5.97 Å². The molecule has 0 radical (unpaired) electrons. The summed E-state index contributed by atoms with van der Waals surface area (Å²) in [7, 11) is 0. The lowest BCUT2D eigenvalue weighted by Crippen LogP contribution is -2.28. The molecular formula is C14H20N2O2. The molecule has 1 aromatic rings. The van der Waals surface area contributed by atoms with Crippen molar-refractivity contribution in [3.8, 4) is 0 Å². The summed E-state index contributed by atoms with van der Waals surface area (Å²) in [6.07, 6.45) is 7.75. The number of nitrogens with zero attached hydrogens (tertiary/aromatic N) is 2. The number of aromatic carboxylic acids is 1. The molecule has 0 bridgehead atoms. The zero-order chi connectivity index (χ0) is 13.0. The molecule has 18 heavy (non-hydrogen) atoms. The van der Waals surface area contributed by atoms with E-state index in [1.165, 1.54) is 38.3 Å². The molecule has 0 amide bonds. The third kappa shape index (κ3) is 3.00. The van der Waals surface area contributed by atoms with Gasteiger partial charge >= 0.3 is 5.97 Å². The molecule has 1 aliphatic heterocycles. The SMILES string of the molecule is Cc1cc(C(=O)O)cnc1N1CCCCCCC1. The molecule has 1 aromatic heterocycles. The summed E-state index contributed by atoms with van der Waals surface area (Å²) in [5.74, 6) is 0.0340. The summed E-state index contributed by atoms with van der Waals surface area (Å²) in [4.78, 5) is 17.5. The van der Waals surface area contributed by atoms with E-state index in [0.717, 1.165) is 24.5 Å². The predicted molar refractivity (Wildman–Crippen MR) is 71.2 cm³/mol. The van der Waals surface area contributed by atoms with Crippen LogP contribution in [0.5, 0.6) is 0 Å². The number of hydrogen-bond acceptors (Lipinski definition) is 3. The van der Waals surface area contributed by atoms with Gasteiger partial charge in [0.25, 0.3) is 0 Å². The number of carboxylic acid groups (broad SMARTS) is 1. The van der Waals surface area contributed by atoms with E-state index in [1.807, 2.05) is 6.92 Å². The van der Waals surface area contributed by atoms with E-state index >= 15 is 0 Å². The summed E-state index contributed by atoms with van der Waals surface area (Å²) in [6, 6.07) is 1.71. The van der Waals surface area contributed by atoms with Gasteiger partial charge in [0, 0.05) is 19.3 Å². The third-order valence-corrected chi connectivity index (χ3v) is 3.45. The highest BCUT2D eigenvalue weighted by molar-refractivity contribution is 5.87. The number of anilines is 1. The molecule has 1 fully saturated rings. The van der Waals surface area contributed by atoms with Crippen molar-refractivity contribution in [3.63, 3.8) is 0 Å². The van der Waals surface area contributed by atoms with Gasteiger partial charge in [-0.3, -0.25) is 0 Å². The second kappa shape index (κ2) is 5.85. The zero-order valence-corrected chi connectivity index (χ0v) is 10.9. The van der Waals surface area contributed by atoms with Gasteiger partial charge in [0.1, 0.15) is 5.82 Å². The van der Waals surface area contributed by atoms with Crippen LogP contribution in [-0.2, 0) is 0 Å². The molecular weight excluding hydrogens is 228 g/mol. The van der Waals surface area contributed by atoms with E-state index in [1.54, 1.807) is 6.07 Å². The van der Waals surface area contributed by atoms with Crippen LogP contribution in [0.3, 0.4) is 0 Å². The van der Waals surface area contributed by atoms with Crippen LogP contribution in [-0.4, -0.2) is 29.1 Å². The van der Waals surface area contributed by atoms with Crippen LogP contribution in [0.1, 0.15) is 48.0 Å². The fourth-order valence-electron chi connectivity index (χ4n) is 2.47. The van der Waals surface area contributed by atoms with E-state index in [-0.39, 0.29) is 5.56 Å². The molecule has 2 rings (SSSR count). The number of rotatable bonds is 2. The molecule has 0 unspecified atom stereocenters. The van der Waals surface area contributed by atoms with Gasteiger partial charge in [-0.25, -0.2) is 9.78 Å². The van der Waals surface area contributed by atoms with Gasteiger partial charge in [0.15, 0.2) is 0 Å². The van der Waals surface area contributed by atoms with E-state index in [4.69, 9.17) is 5.11 Å². The number of pyridine rings is 1. The van der Waals surface area contributed by atoms with Crippen molar-refractivity contribution in [2.45, 2.75) is 39.0 Å². The molecule has 0 aromatic carbocycles. The second-order valence-corrected chi connectivity index (χ2v) is 4.92. The van der Waals surface area contributed by atoms with E-state index in [0.29, 0.717) is 0 Å². The largest absolute Gasteiger partial charge is 0.478 e. The summed E-state index contributed by atoms with van der Waals surface area (Å²) < 4.78 is 0. The fourth-order valence-corrected chi connectivity index (χ4v) is 2.47. The van der Waals surface area contributed by atoms with Crippen molar-refractivity contribution in [2.24, 2.45) is 0 Å². The number of aryl methyl sites for hydroxylation is 1. The number of hydrogen-bond donors (Lipinski definition) is 1. The molecule has 0 atom stereocenters. The third-order valence-electron chi connectivity index (χ3n) is 3.45. The first-order valence-electron chi connectivity index (χ1n) is 6.63. The normalized spacial score (nSPS) is 17.1. The molecule has 2 heterocycles. The summed E-state index contributed by atoms with van der Waals surface area (Å²) in [5.41, 5.74) is 1.22. The van der Waals surface area contributed by atoms with E-state index in [9.17, 15) is 4.79 Å². The Hall–Kier alpha value is -1.58. The fraction of sp³-hybridized carbons (Fsp3) is 0.571. The molecule has 0 spiro atoms. The maximum absolute atomic E-state index is 10.9. The highest BCUT2D eigenvalue weighted by Gasteiger charge is 2.14. The first-order valence-corrected chi connectivity index (χ1v) is 6.63. The molecule has 4 heteroatoms. The average molecular weight is 248 g/mol. The van der Waals surface area contributed by atoms with Gasteiger partial charge in [0.2, 0.25) is 0 Å². The van der Waals surface area contributed by atoms with Gasteiger partial charge in [0.05, 0.1) is 5.56 Å². The van der Waals surface area contributed by atoms with Crippen LogP contribution >= 0.6 is 0 Å². The molecule has 0 aliphatic carbocycles. The standard InChI is InChI=1S/C14H20N2O2/c1-11-9-12(14(17)18)10-15-13(11)16-7-5-3-2-4-6-8-16/h9-10H,2-8H2,1H3,(H,17,18). The van der Waals surface area contributed by atoms with Crippen LogP contribution in [0.4, 0.5) is 5.82 Å². The van der Waals surface area contributed by atoms with Crippen LogP contribution in [0.2, 0.25) is 0 Å². The minimum atomic E-state index is -0.912. The van der Waals surface area contributed by atoms with Crippen molar-refractivity contribution < 1.29 is 9.90 Å². The van der Waals surface area contributed by atoms with Crippen LogP contribution < -0.4 is 4.90 Å². The Labute approximate surface area is 108 Å². The Bertz CT molecular complexity index is 424. The lowest BCUT2D eigenvalue weighted by Gasteiger charge is -2.27. The Morgan fingerprint density at radius 3 is 2.39 bits per heavy atom. The van der Waals surface area contributed by atoms with Crippen molar-refractivity contribution in [3.05, 3.63) is 23.4 Å². The topological polar surface area (TPSA) is 53.4 Å². The summed E-state index contributed by atoms with van der Waals surface area (Å²) in [6.45, 7) is 3.99. The Kier molecular flexibility index (Phi) is 4.18. The van der Waals surface area contributed by atoms with Crippen LogP contribution in [0, 0.1) is 6.92 Å². The van der Waals surface area contributed by atoms with Gasteiger partial charge in [-0.2, -0.15) is 0 Å². The average Bonchev–Trinajstić information content (AvgIpc) is 2.29. The number of aromatic nitrogens is 1. The molecule has 0 saturated carbocycles. The van der Waals surface area contributed by atoms with Gasteiger partial charge in [-0.05, 0) is 31.4 Å². The quantitative estimate of drug-likeness (QED) is 0.874. The maximum Gasteiger partial charge on any atom is 0.337 e. The minimum Gasteiger partial charge on any atom is -0.478 e. The molecule has 1 aliphatic rings. The van der Waals surface area contributed by atoms with E-state index in [2.05, 4.69) is 9.88 Å². The summed E-state index contributed by atoms with van der Waals surface area (Å²) >= 11 is 0. The monoisotopic (exact) mass is 248 g/mol. The first-order chi connectivity index (χ1) is 8.68. The van der Waals surface area contributed by atoms with Crippen molar-refractivity contribution >= 4 is 11.8 Å². The predicted octanol–water partition coefficient (Wildman–Crippen LogP) is 2.86. The van der Waals surface area contributed by atoms with Gasteiger partial charge in [-0.15, -0.1) is 0 Å². The Balaban J connectivity index is 2.18. The first kappa shape index (κ1) is 12.9. The van der Waals surface area contributed by atoms with Gasteiger partial charge in [-0.1, -0.05) is 19.3 Å². The van der Waals surface area contributed by atoms with Crippen molar-refractivity contribution in [2.75, 3.05) is 18.0 Å². The lowest BCUT2D eigenvalue weighted by molar-refractivity contribution is 0.0696. The van der Waals surface area contributed by atoms with Crippen LogP contribution in [0.25, 0.3) is 0 Å². The highest BCUT2D eigenvalue weighted by atomic mass is 16.4. The lowest BCUT2D eigenvalue weighted by atomic mass is 10.1. The Morgan fingerprint density at radius 2 is 1.83 bits per heavy atom. The van der Waals surface area contributed by atoms with Crippen LogP contribution in [0.15, 0.2) is 12.3 Å². The molecule has 98 valence electrons. The molecule has 4 nitrogen and oxygen atoms in total. The zero-order valence-electron chi connectivity index (χ0n) is 10.9. The number of carbonyl (C=O) groups is 1. The second-order valence-electron chi connectivity index (χ2n) is 4.92. The smallest absolute Gasteiger partial charge is 0.337 e. The highest BCUT2D eigenvalue weighted by Crippen LogP contribution is 2.21. The molecule has 1 saturated heterocycles. The van der Waals surface area contributed by atoms with Gasteiger partial charge < -0.3 is 10.0 Å². The van der Waals surface area contributed by atoms with Crippen molar-refractivity contribution in [1.29, 1.82) is 0 Å². The minimum absolute atomic E-state index is 0.267. The molecule has 1 N–H and O–H groups in total. The Morgan fingerprint density at radius 1 is 1.22 bits per heavy atom. The summed E-state index contributed by atoms with van der Waals surface area (Å²) in [5, 5.41) is 8.94.